The Hall–Kier alpha value is -0.0800. The number of hydrogen-bond donors (Lipinski definition) is 1. The summed E-state index contributed by atoms with van der Waals surface area (Å²) in [5.41, 5.74) is 0. The first-order valence-corrected chi connectivity index (χ1v) is 7.53. The van der Waals surface area contributed by atoms with Crippen molar-refractivity contribution in [3.8, 4) is 0 Å². The molecule has 5 unspecified atom stereocenters. The molecule has 0 aromatic rings. The van der Waals surface area contributed by atoms with Gasteiger partial charge in [0.05, 0.1) is 0 Å². The lowest BCUT2D eigenvalue weighted by atomic mass is 9.78. The van der Waals surface area contributed by atoms with Gasteiger partial charge in [-0.3, -0.25) is 4.90 Å². The Bertz CT molecular complexity index is 241. The van der Waals surface area contributed by atoms with Gasteiger partial charge in [-0.1, -0.05) is 20.8 Å². The zero-order valence-electron chi connectivity index (χ0n) is 12.1. The smallest absolute Gasteiger partial charge is 0.0121 e. The molecule has 1 saturated carbocycles. The molecular formula is C15H30N2. The van der Waals surface area contributed by atoms with E-state index in [1.165, 1.54) is 38.8 Å². The average molecular weight is 238 g/mol. The number of likely N-dealkylation sites (tertiary alicyclic amines) is 1. The van der Waals surface area contributed by atoms with E-state index < -0.39 is 0 Å². The second-order valence-electron chi connectivity index (χ2n) is 6.62. The maximum atomic E-state index is 3.47. The maximum absolute atomic E-state index is 3.47. The van der Waals surface area contributed by atoms with Crippen LogP contribution in [0.15, 0.2) is 0 Å². The first-order valence-electron chi connectivity index (χ1n) is 7.53. The highest BCUT2D eigenvalue weighted by Crippen LogP contribution is 2.33. The minimum atomic E-state index is 0.740. The Kier molecular flexibility index (Phi) is 4.48. The summed E-state index contributed by atoms with van der Waals surface area (Å²) in [4.78, 5) is 2.79. The van der Waals surface area contributed by atoms with E-state index >= 15 is 0 Å². The largest absolute Gasteiger partial charge is 0.317 e. The SMILES string of the molecule is CNC1CCN(C2CCC(C)CC2C)CC1C. The van der Waals surface area contributed by atoms with Crippen molar-refractivity contribution in [2.75, 3.05) is 20.1 Å². The van der Waals surface area contributed by atoms with Crippen molar-refractivity contribution in [3.05, 3.63) is 0 Å². The summed E-state index contributed by atoms with van der Waals surface area (Å²) in [6, 6.07) is 1.61. The molecule has 17 heavy (non-hydrogen) atoms. The van der Waals surface area contributed by atoms with E-state index in [0.717, 1.165) is 29.8 Å². The third-order valence-corrected chi connectivity index (χ3v) is 5.16. The van der Waals surface area contributed by atoms with E-state index in [1.807, 2.05) is 0 Å². The van der Waals surface area contributed by atoms with Crippen LogP contribution >= 0.6 is 0 Å². The molecular weight excluding hydrogens is 208 g/mol. The van der Waals surface area contributed by atoms with Crippen molar-refractivity contribution in [1.29, 1.82) is 0 Å². The zero-order chi connectivity index (χ0) is 12.4. The van der Waals surface area contributed by atoms with Crippen molar-refractivity contribution in [3.63, 3.8) is 0 Å². The molecule has 0 bridgehead atoms. The second-order valence-corrected chi connectivity index (χ2v) is 6.62. The fourth-order valence-electron chi connectivity index (χ4n) is 4.10. The molecule has 0 aromatic carbocycles. The quantitative estimate of drug-likeness (QED) is 0.796. The Morgan fingerprint density at radius 3 is 2.35 bits per heavy atom. The van der Waals surface area contributed by atoms with Gasteiger partial charge in [0.15, 0.2) is 0 Å². The van der Waals surface area contributed by atoms with Crippen LogP contribution in [-0.4, -0.2) is 37.1 Å². The van der Waals surface area contributed by atoms with Crippen LogP contribution in [0.2, 0.25) is 0 Å². The first kappa shape index (κ1) is 13.4. The monoisotopic (exact) mass is 238 g/mol. The molecule has 1 saturated heterocycles. The molecule has 1 heterocycles. The van der Waals surface area contributed by atoms with Crippen LogP contribution in [-0.2, 0) is 0 Å². The lowest BCUT2D eigenvalue weighted by Gasteiger charge is -2.45. The van der Waals surface area contributed by atoms with Crippen LogP contribution in [0.25, 0.3) is 0 Å². The van der Waals surface area contributed by atoms with Crippen molar-refractivity contribution < 1.29 is 0 Å². The van der Waals surface area contributed by atoms with Crippen LogP contribution in [0, 0.1) is 17.8 Å². The molecule has 2 fully saturated rings. The number of hydrogen-bond acceptors (Lipinski definition) is 2. The van der Waals surface area contributed by atoms with Gasteiger partial charge in [-0.05, 0) is 57.0 Å². The second kappa shape index (κ2) is 5.71. The van der Waals surface area contributed by atoms with Gasteiger partial charge in [-0.2, -0.15) is 0 Å². The van der Waals surface area contributed by atoms with Gasteiger partial charge >= 0.3 is 0 Å². The number of rotatable bonds is 2. The van der Waals surface area contributed by atoms with Gasteiger partial charge < -0.3 is 5.32 Å². The fourth-order valence-corrected chi connectivity index (χ4v) is 4.10. The molecule has 5 atom stereocenters. The molecule has 2 aliphatic rings. The highest BCUT2D eigenvalue weighted by molar-refractivity contribution is 4.89. The Morgan fingerprint density at radius 2 is 1.76 bits per heavy atom. The molecule has 1 aliphatic heterocycles. The summed E-state index contributed by atoms with van der Waals surface area (Å²) in [7, 11) is 2.11. The average Bonchev–Trinajstić information content (AvgIpc) is 2.29. The van der Waals surface area contributed by atoms with Crippen molar-refractivity contribution in [2.45, 2.75) is 58.5 Å². The molecule has 0 spiro atoms. The van der Waals surface area contributed by atoms with Crippen LogP contribution < -0.4 is 5.32 Å². The van der Waals surface area contributed by atoms with Crippen LogP contribution in [0.5, 0.6) is 0 Å². The van der Waals surface area contributed by atoms with Gasteiger partial charge in [0.25, 0.3) is 0 Å². The van der Waals surface area contributed by atoms with Crippen molar-refractivity contribution in [1.82, 2.24) is 10.2 Å². The fraction of sp³-hybridized carbons (Fsp3) is 1.00. The standard InChI is InChI=1S/C15H30N2/c1-11-5-6-15(12(2)9-11)17-8-7-14(16-4)13(3)10-17/h11-16H,5-10H2,1-4H3. The third kappa shape index (κ3) is 3.03. The van der Waals surface area contributed by atoms with E-state index in [9.17, 15) is 0 Å². The van der Waals surface area contributed by atoms with Crippen LogP contribution in [0.4, 0.5) is 0 Å². The van der Waals surface area contributed by atoms with E-state index in [4.69, 9.17) is 0 Å². The highest BCUT2D eigenvalue weighted by atomic mass is 15.2. The van der Waals surface area contributed by atoms with E-state index in [1.54, 1.807) is 0 Å². The minimum Gasteiger partial charge on any atom is -0.317 e. The summed E-state index contributed by atoms with van der Waals surface area (Å²) in [5, 5.41) is 3.47. The summed E-state index contributed by atoms with van der Waals surface area (Å²) in [6.45, 7) is 9.90. The number of nitrogens with one attached hydrogen (secondary N) is 1. The molecule has 0 radical (unpaired) electrons. The predicted molar refractivity (Wildman–Crippen MR) is 74.2 cm³/mol. The van der Waals surface area contributed by atoms with Gasteiger partial charge in [-0.15, -0.1) is 0 Å². The van der Waals surface area contributed by atoms with E-state index in [0.29, 0.717) is 0 Å². The Morgan fingerprint density at radius 1 is 1.00 bits per heavy atom. The molecule has 100 valence electrons. The normalized spacial score (nSPS) is 44.8. The predicted octanol–water partition coefficient (Wildman–Crippen LogP) is 2.74. The van der Waals surface area contributed by atoms with Crippen molar-refractivity contribution in [2.24, 2.45) is 17.8 Å². The topological polar surface area (TPSA) is 15.3 Å². The molecule has 2 nitrogen and oxygen atoms in total. The molecule has 1 aliphatic carbocycles. The lowest BCUT2D eigenvalue weighted by molar-refractivity contribution is 0.0473. The van der Waals surface area contributed by atoms with Gasteiger partial charge in [-0.25, -0.2) is 0 Å². The minimum absolute atomic E-state index is 0.740. The van der Waals surface area contributed by atoms with Crippen LogP contribution in [0.3, 0.4) is 0 Å². The molecule has 2 rings (SSSR count). The summed E-state index contributed by atoms with van der Waals surface area (Å²) in [6.07, 6.45) is 5.63. The van der Waals surface area contributed by atoms with Crippen molar-refractivity contribution >= 4 is 0 Å². The number of piperidine rings is 1. The third-order valence-electron chi connectivity index (χ3n) is 5.16. The first-order chi connectivity index (χ1) is 8.11. The van der Waals surface area contributed by atoms with Gasteiger partial charge in [0.2, 0.25) is 0 Å². The van der Waals surface area contributed by atoms with Crippen LogP contribution in [0.1, 0.15) is 46.5 Å². The molecule has 2 heteroatoms. The van der Waals surface area contributed by atoms with Gasteiger partial charge in [0.1, 0.15) is 0 Å². The summed E-state index contributed by atoms with van der Waals surface area (Å²) in [5.74, 6) is 2.66. The Labute approximate surface area is 107 Å². The van der Waals surface area contributed by atoms with E-state index in [2.05, 4.69) is 38.0 Å². The molecule has 1 N–H and O–H groups in total. The maximum Gasteiger partial charge on any atom is 0.0121 e. The molecule has 0 aromatic heterocycles. The molecule has 0 amide bonds. The highest BCUT2D eigenvalue weighted by Gasteiger charge is 2.34. The number of nitrogens with zero attached hydrogens (tertiary/aromatic N) is 1. The lowest BCUT2D eigenvalue weighted by Crippen LogP contribution is -2.53. The van der Waals surface area contributed by atoms with E-state index in [-0.39, 0.29) is 0 Å². The van der Waals surface area contributed by atoms with Gasteiger partial charge in [0, 0.05) is 18.6 Å². The summed E-state index contributed by atoms with van der Waals surface area (Å²) < 4.78 is 0. The zero-order valence-corrected chi connectivity index (χ0v) is 12.1. The summed E-state index contributed by atoms with van der Waals surface area (Å²) >= 11 is 0. The Balaban J connectivity index is 1.91.